The Morgan fingerprint density at radius 1 is 0.895 bits per heavy atom. The molecule has 6 nitrogen and oxygen atoms in total. The number of rotatable bonds is 7. The molecule has 0 atom stereocenters. The van der Waals surface area contributed by atoms with Crippen molar-refractivity contribution in [2.24, 2.45) is 5.10 Å². The Kier molecular flexibility index (Phi) is 7.20. The van der Waals surface area contributed by atoms with Crippen molar-refractivity contribution < 1.29 is 4.79 Å². The van der Waals surface area contributed by atoms with Crippen LogP contribution in [0.15, 0.2) is 89.3 Å². The first kappa shape index (κ1) is 25.2. The zero-order chi connectivity index (χ0) is 26.6. The van der Waals surface area contributed by atoms with E-state index in [1.54, 1.807) is 29.7 Å². The number of anilines is 2. The van der Waals surface area contributed by atoms with Gasteiger partial charge in [0.05, 0.1) is 11.9 Å². The van der Waals surface area contributed by atoms with Gasteiger partial charge in [0.2, 0.25) is 0 Å². The fourth-order valence-electron chi connectivity index (χ4n) is 4.25. The summed E-state index contributed by atoms with van der Waals surface area (Å²) in [6.45, 7) is 8.25. The molecule has 0 spiro atoms. The SMILES string of the molecule is Cc1ccc(Nc2nc(-c3ccc(C(=O)N/N=C\c4cc(C)n(-c5ccc(C)cc5)c4C)cc3)cs2)cc1. The van der Waals surface area contributed by atoms with Gasteiger partial charge in [0.1, 0.15) is 0 Å². The van der Waals surface area contributed by atoms with Crippen LogP contribution in [0.4, 0.5) is 10.8 Å². The molecule has 38 heavy (non-hydrogen) atoms. The summed E-state index contributed by atoms with van der Waals surface area (Å²) in [5.41, 5.74) is 12.6. The lowest BCUT2D eigenvalue weighted by Gasteiger charge is -2.09. The maximum Gasteiger partial charge on any atom is 0.271 e. The van der Waals surface area contributed by atoms with Gasteiger partial charge in [-0.2, -0.15) is 5.10 Å². The molecule has 0 bridgehead atoms. The number of hydrazone groups is 1. The van der Waals surface area contributed by atoms with E-state index in [9.17, 15) is 4.79 Å². The number of benzene rings is 3. The molecule has 5 aromatic rings. The van der Waals surface area contributed by atoms with E-state index in [4.69, 9.17) is 0 Å². The Morgan fingerprint density at radius 3 is 2.24 bits per heavy atom. The van der Waals surface area contributed by atoms with Gasteiger partial charge in [0.25, 0.3) is 5.91 Å². The average molecular weight is 520 g/mol. The number of thiazole rings is 1. The van der Waals surface area contributed by atoms with Gasteiger partial charge in [0, 0.05) is 44.8 Å². The molecule has 3 aromatic carbocycles. The molecule has 2 aromatic heterocycles. The normalized spacial score (nSPS) is 11.2. The molecule has 1 amide bonds. The minimum atomic E-state index is -0.264. The van der Waals surface area contributed by atoms with Crippen LogP contribution in [-0.2, 0) is 0 Å². The minimum Gasteiger partial charge on any atom is -0.332 e. The van der Waals surface area contributed by atoms with Gasteiger partial charge in [-0.15, -0.1) is 11.3 Å². The number of amides is 1. The summed E-state index contributed by atoms with van der Waals surface area (Å²) in [7, 11) is 0. The number of hydrogen-bond acceptors (Lipinski definition) is 5. The number of aromatic nitrogens is 2. The van der Waals surface area contributed by atoms with Gasteiger partial charge in [0.15, 0.2) is 5.13 Å². The number of carbonyl (C=O) groups is 1. The number of hydrogen-bond donors (Lipinski definition) is 2. The van der Waals surface area contributed by atoms with Crippen LogP contribution in [0.1, 0.15) is 38.4 Å². The van der Waals surface area contributed by atoms with E-state index in [-0.39, 0.29) is 5.91 Å². The third-order valence-electron chi connectivity index (χ3n) is 6.38. The molecule has 2 heterocycles. The molecule has 0 fully saturated rings. The lowest BCUT2D eigenvalue weighted by molar-refractivity contribution is 0.0955. The maximum absolute atomic E-state index is 12.7. The Bertz CT molecular complexity index is 1590. The van der Waals surface area contributed by atoms with Crippen LogP contribution in [0.3, 0.4) is 0 Å². The number of aryl methyl sites for hydroxylation is 3. The van der Waals surface area contributed by atoms with E-state index in [1.807, 2.05) is 29.6 Å². The van der Waals surface area contributed by atoms with Crippen molar-refractivity contribution in [2.75, 3.05) is 5.32 Å². The van der Waals surface area contributed by atoms with Gasteiger partial charge in [-0.25, -0.2) is 10.4 Å². The van der Waals surface area contributed by atoms with Gasteiger partial charge in [-0.1, -0.05) is 47.5 Å². The highest BCUT2D eigenvalue weighted by molar-refractivity contribution is 7.14. The second-order valence-electron chi connectivity index (χ2n) is 9.30. The Balaban J connectivity index is 1.22. The second-order valence-corrected chi connectivity index (χ2v) is 10.2. The van der Waals surface area contributed by atoms with E-state index < -0.39 is 0 Å². The molecule has 7 heteroatoms. The lowest BCUT2D eigenvalue weighted by Crippen LogP contribution is -2.17. The fraction of sp³-hybridized carbons (Fsp3) is 0.129. The van der Waals surface area contributed by atoms with E-state index in [0.717, 1.165) is 44.7 Å². The summed E-state index contributed by atoms with van der Waals surface area (Å²) in [6, 6.07) is 26.1. The lowest BCUT2D eigenvalue weighted by atomic mass is 10.1. The Morgan fingerprint density at radius 2 is 1.55 bits per heavy atom. The summed E-state index contributed by atoms with van der Waals surface area (Å²) < 4.78 is 2.18. The summed E-state index contributed by atoms with van der Waals surface area (Å²) in [5, 5.41) is 10.4. The molecular formula is C31H29N5OS. The number of carbonyl (C=O) groups excluding carboxylic acids is 1. The van der Waals surface area contributed by atoms with Crippen LogP contribution in [-0.4, -0.2) is 21.7 Å². The van der Waals surface area contributed by atoms with E-state index in [0.29, 0.717) is 5.56 Å². The van der Waals surface area contributed by atoms with Gasteiger partial charge in [-0.3, -0.25) is 4.79 Å². The first-order valence-electron chi connectivity index (χ1n) is 12.4. The molecule has 0 aliphatic heterocycles. The number of nitrogens with zero attached hydrogens (tertiary/aromatic N) is 3. The van der Waals surface area contributed by atoms with Crippen LogP contribution < -0.4 is 10.7 Å². The van der Waals surface area contributed by atoms with Crippen LogP contribution in [0, 0.1) is 27.7 Å². The highest BCUT2D eigenvalue weighted by atomic mass is 32.1. The zero-order valence-electron chi connectivity index (χ0n) is 21.8. The molecule has 0 saturated carbocycles. The summed E-state index contributed by atoms with van der Waals surface area (Å²) in [4.78, 5) is 17.4. The first-order valence-corrected chi connectivity index (χ1v) is 13.2. The molecule has 0 saturated heterocycles. The standard InChI is InChI=1S/C31H29N5OS/c1-20-5-13-27(14-6-20)33-31-34-29(19-38-31)24-9-11-25(12-10-24)30(37)35-32-18-26-17-22(3)36(23(26)4)28-15-7-21(2)8-16-28/h5-19H,1-4H3,(H,33,34)(H,35,37)/b32-18-. The van der Waals surface area contributed by atoms with Crippen LogP contribution in [0.2, 0.25) is 0 Å². The number of nitrogens with one attached hydrogen (secondary N) is 2. The molecule has 0 unspecified atom stereocenters. The summed E-state index contributed by atoms with van der Waals surface area (Å²) in [5.74, 6) is -0.264. The quantitative estimate of drug-likeness (QED) is 0.175. The molecule has 0 radical (unpaired) electrons. The first-order chi connectivity index (χ1) is 18.4. The maximum atomic E-state index is 12.7. The van der Waals surface area contributed by atoms with E-state index in [1.165, 1.54) is 11.1 Å². The van der Waals surface area contributed by atoms with E-state index in [2.05, 4.69) is 95.6 Å². The summed E-state index contributed by atoms with van der Waals surface area (Å²) in [6.07, 6.45) is 1.69. The van der Waals surface area contributed by atoms with Crippen molar-refractivity contribution >= 4 is 34.3 Å². The topological polar surface area (TPSA) is 71.3 Å². The third kappa shape index (κ3) is 5.58. The highest BCUT2D eigenvalue weighted by Gasteiger charge is 2.11. The van der Waals surface area contributed by atoms with E-state index >= 15 is 0 Å². The summed E-state index contributed by atoms with van der Waals surface area (Å²) >= 11 is 1.54. The van der Waals surface area contributed by atoms with Crippen molar-refractivity contribution in [1.82, 2.24) is 15.0 Å². The molecule has 5 rings (SSSR count). The Hall–Kier alpha value is -4.49. The molecule has 2 N–H and O–H groups in total. The van der Waals surface area contributed by atoms with Crippen molar-refractivity contribution in [1.29, 1.82) is 0 Å². The van der Waals surface area contributed by atoms with Crippen molar-refractivity contribution in [2.45, 2.75) is 27.7 Å². The molecule has 190 valence electrons. The zero-order valence-corrected chi connectivity index (χ0v) is 22.6. The fourth-order valence-corrected chi connectivity index (χ4v) is 4.99. The van der Waals surface area contributed by atoms with Gasteiger partial charge >= 0.3 is 0 Å². The van der Waals surface area contributed by atoms with Gasteiger partial charge in [-0.05, 0) is 70.2 Å². The molecular weight excluding hydrogens is 490 g/mol. The van der Waals surface area contributed by atoms with Crippen molar-refractivity contribution in [3.8, 4) is 16.9 Å². The average Bonchev–Trinajstić information content (AvgIpc) is 3.50. The largest absolute Gasteiger partial charge is 0.332 e. The minimum absolute atomic E-state index is 0.264. The van der Waals surface area contributed by atoms with Crippen LogP contribution in [0.25, 0.3) is 16.9 Å². The second kappa shape index (κ2) is 10.9. The predicted molar refractivity (Wildman–Crippen MR) is 157 cm³/mol. The third-order valence-corrected chi connectivity index (χ3v) is 7.14. The Labute approximate surface area is 226 Å². The highest BCUT2D eigenvalue weighted by Crippen LogP contribution is 2.27. The van der Waals surface area contributed by atoms with Crippen molar-refractivity contribution in [3.63, 3.8) is 0 Å². The van der Waals surface area contributed by atoms with Crippen molar-refractivity contribution in [3.05, 3.63) is 118 Å². The molecule has 0 aliphatic carbocycles. The predicted octanol–water partition coefficient (Wildman–Crippen LogP) is 7.34. The molecule has 0 aliphatic rings. The van der Waals surface area contributed by atoms with Gasteiger partial charge < -0.3 is 9.88 Å². The van der Waals surface area contributed by atoms with Crippen LogP contribution in [0.5, 0.6) is 0 Å². The monoisotopic (exact) mass is 519 g/mol. The smallest absolute Gasteiger partial charge is 0.271 e. The van der Waals surface area contributed by atoms with Crippen LogP contribution >= 0.6 is 11.3 Å².